The van der Waals surface area contributed by atoms with E-state index < -0.39 is 11.9 Å². The summed E-state index contributed by atoms with van der Waals surface area (Å²) in [5.74, 6) is -1.91. The third kappa shape index (κ3) is 4.04. The lowest BCUT2D eigenvalue weighted by Gasteiger charge is -2.19. The molecule has 1 rings (SSSR count). The van der Waals surface area contributed by atoms with Crippen molar-refractivity contribution in [1.29, 1.82) is 5.26 Å². The normalized spacial score (nSPS) is 11.4. The molecule has 0 N–H and O–H groups in total. The van der Waals surface area contributed by atoms with Crippen LogP contribution in [0.3, 0.4) is 0 Å². The predicted molar refractivity (Wildman–Crippen MR) is 84.2 cm³/mol. The minimum absolute atomic E-state index is 0.144. The second-order valence-electron chi connectivity index (χ2n) is 4.38. The number of nitrogens with zero attached hydrogens (tertiary/aromatic N) is 3. The summed E-state index contributed by atoms with van der Waals surface area (Å²) in [7, 11) is 0. The maximum absolute atomic E-state index is 12.3. The summed E-state index contributed by atoms with van der Waals surface area (Å²) in [6, 6.07) is 3.45. The van der Waals surface area contributed by atoms with Crippen molar-refractivity contribution >= 4 is 27.8 Å². The Morgan fingerprint density at radius 3 is 2.50 bits per heavy atom. The van der Waals surface area contributed by atoms with Crippen molar-refractivity contribution in [2.24, 2.45) is 0 Å². The number of aromatic nitrogens is 1. The molecule has 0 saturated carbocycles. The molecule has 0 aliphatic carbocycles. The predicted octanol–water partition coefficient (Wildman–Crippen LogP) is 2.50. The van der Waals surface area contributed by atoms with Gasteiger partial charge in [0.05, 0.1) is 23.9 Å². The molecule has 118 valence electrons. The van der Waals surface area contributed by atoms with Crippen LogP contribution < -0.4 is 0 Å². The van der Waals surface area contributed by atoms with Gasteiger partial charge in [0.1, 0.15) is 0 Å². The Hall–Kier alpha value is -1.94. The van der Waals surface area contributed by atoms with Gasteiger partial charge in [-0.05, 0) is 42.8 Å². The molecule has 1 aromatic rings. The van der Waals surface area contributed by atoms with Gasteiger partial charge in [0.25, 0.3) is 5.91 Å². The zero-order valence-electron chi connectivity index (χ0n) is 12.8. The molecule has 22 heavy (non-hydrogen) atoms. The minimum Gasteiger partial charge on any atom is -0.465 e. The molecule has 0 aromatic carbocycles. The van der Waals surface area contributed by atoms with Gasteiger partial charge in [-0.3, -0.25) is 14.6 Å². The highest BCUT2D eigenvalue weighted by Crippen LogP contribution is 2.25. The maximum atomic E-state index is 12.3. The number of amides is 1. The van der Waals surface area contributed by atoms with Crippen molar-refractivity contribution in [3.8, 4) is 6.07 Å². The van der Waals surface area contributed by atoms with Crippen molar-refractivity contribution in [1.82, 2.24) is 9.88 Å². The number of hydrogen-bond acceptors (Lipinski definition) is 5. The molecule has 1 amide bonds. The van der Waals surface area contributed by atoms with Gasteiger partial charge in [-0.25, -0.2) is 0 Å². The van der Waals surface area contributed by atoms with E-state index in [-0.39, 0.29) is 18.2 Å². The molecule has 7 heteroatoms. The van der Waals surface area contributed by atoms with Crippen LogP contribution in [-0.4, -0.2) is 41.5 Å². The smallest absolute Gasteiger partial charge is 0.329 e. The van der Waals surface area contributed by atoms with Gasteiger partial charge in [-0.2, -0.15) is 5.26 Å². The van der Waals surface area contributed by atoms with Crippen LogP contribution in [0.2, 0.25) is 0 Å². The Morgan fingerprint density at radius 1 is 1.41 bits per heavy atom. The molecule has 6 nitrogen and oxygen atoms in total. The molecule has 0 saturated heterocycles. The summed E-state index contributed by atoms with van der Waals surface area (Å²) in [4.78, 5) is 29.8. The molecule has 0 radical (unpaired) electrons. The number of rotatable bonds is 6. The Kier molecular flexibility index (Phi) is 6.99. The fraction of sp³-hybridized carbons (Fsp3) is 0.467. The molecule has 1 unspecified atom stereocenters. The van der Waals surface area contributed by atoms with E-state index in [0.29, 0.717) is 23.1 Å². The molecule has 0 aliphatic heterocycles. The molecular weight excluding hydrogens is 350 g/mol. The molecule has 0 spiro atoms. The van der Waals surface area contributed by atoms with Gasteiger partial charge in [-0.1, -0.05) is 0 Å². The van der Waals surface area contributed by atoms with E-state index >= 15 is 0 Å². The molecule has 1 heterocycles. The summed E-state index contributed by atoms with van der Waals surface area (Å²) in [5.41, 5.74) is 0.650. The molecule has 0 fully saturated rings. The SMILES string of the molecule is CCOC(=O)C(C#N)c1ncc(C(=O)N(CC)CC)cc1Br. The van der Waals surface area contributed by atoms with E-state index in [1.54, 1.807) is 17.9 Å². The number of carbonyl (C=O) groups excluding carboxylic acids is 2. The average Bonchev–Trinajstić information content (AvgIpc) is 2.50. The number of carbonyl (C=O) groups is 2. The van der Waals surface area contributed by atoms with E-state index in [1.807, 2.05) is 19.9 Å². The van der Waals surface area contributed by atoms with Gasteiger partial charge in [0.2, 0.25) is 0 Å². The molecular formula is C15H18BrN3O3. The molecule has 0 aliphatic rings. The van der Waals surface area contributed by atoms with Crippen LogP contribution in [-0.2, 0) is 9.53 Å². The van der Waals surface area contributed by atoms with Crippen molar-refractivity contribution in [2.75, 3.05) is 19.7 Å². The Balaban J connectivity index is 3.11. The first kappa shape index (κ1) is 18.1. The van der Waals surface area contributed by atoms with Crippen molar-refractivity contribution in [3.63, 3.8) is 0 Å². The Morgan fingerprint density at radius 2 is 2.05 bits per heavy atom. The zero-order chi connectivity index (χ0) is 16.7. The van der Waals surface area contributed by atoms with Crippen molar-refractivity contribution in [3.05, 3.63) is 28.0 Å². The largest absolute Gasteiger partial charge is 0.465 e. The second kappa shape index (κ2) is 8.49. The summed E-state index contributed by atoms with van der Waals surface area (Å²) >= 11 is 3.28. The fourth-order valence-corrected chi connectivity index (χ4v) is 2.50. The number of pyridine rings is 1. The van der Waals surface area contributed by atoms with Gasteiger partial charge in [0, 0.05) is 23.8 Å². The highest BCUT2D eigenvalue weighted by Gasteiger charge is 2.26. The Labute approximate surface area is 138 Å². The summed E-state index contributed by atoms with van der Waals surface area (Å²) in [6.45, 7) is 6.83. The van der Waals surface area contributed by atoms with Gasteiger partial charge < -0.3 is 9.64 Å². The summed E-state index contributed by atoms with van der Waals surface area (Å²) in [6.07, 6.45) is 1.38. The van der Waals surface area contributed by atoms with E-state index in [9.17, 15) is 9.59 Å². The number of esters is 1. The number of halogens is 1. The van der Waals surface area contributed by atoms with E-state index in [0.717, 1.165) is 0 Å². The van der Waals surface area contributed by atoms with Crippen molar-refractivity contribution < 1.29 is 14.3 Å². The van der Waals surface area contributed by atoms with Crippen LogP contribution >= 0.6 is 15.9 Å². The van der Waals surface area contributed by atoms with Crippen LogP contribution in [0.4, 0.5) is 0 Å². The van der Waals surface area contributed by atoms with Crippen molar-refractivity contribution in [2.45, 2.75) is 26.7 Å². The molecule has 1 atom stereocenters. The minimum atomic E-state index is -1.12. The molecule has 1 aromatic heterocycles. The van der Waals surface area contributed by atoms with Crippen LogP contribution in [0, 0.1) is 11.3 Å². The third-order valence-corrected chi connectivity index (χ3v) is 3.73. The quantitative estimate of drug-likeness (QED) is 0.721. The standard InChI is InChI=1S/C15H18BrN3O3/c1-4-19(5-2)14(20)10-7-12(16)13(18-9-10)11(8-17)15(21)22-6-3/h7,9,11H,4-6H2,1-3H3. The topological polar surface area (TPSA) is 83.3 Å². The third-order valence-electron chi connectivity index (χ3n) is 3.09. The highest BCUT2D eigenvalue weighted by atomic mass is 79.9. The summed E-state index contributed by atoms with van der Waals surface area (Å²) in [5, 5.41) is 9.16. The van der Waals surface area contributed by atoms with Gasteiger partial charge in [0.15, 0.2) is 5.92 Å². The van der Waals surface area contributed by atoms with Crippen LogP contribution in [0.25, 0.3) is 0 Å². The lowest BCUT2D eigenvalue weighted by molar-refractivity contribution is -0.143. The van der Waals surface area contributed by atoms with Crippen LogP contribution in [0.5, 0.6) is 0 Å². The second-order valence-corrected chi connectivity index (χ2v) is 5.24. The highest BCUT2D eigenvalue weighted by molar-refractivity contribution is 9.10. The van der Waals surface area contributed by atoms with Gasteiger partial charge in [-0.15, -0.1) is 0 Å². The Bertz CT molecular complexity index is 594. The zero-order valence-corrected chi connectivity index (χ0v) is 14.4. The fourth-order valence-electron chi connectivity index (χ4n) is 1.92. The maximum Gasteiger partial charge on any atom is 0.329 e. The first-order valence-electron chi connectivity index (χ1n) is 7.00. The van der Waals surface area contributed by atoms with Crippen LogP contribution in [0.15, 0.2) is 16.7 Å². The lowest BCUT2D eigenvalue weighted by atomic mass is 10.1. The van der Waals surface area contributed by atoms with E-state index in [2.05, 4.69) is 20.9 Å². The number of nitriles is 1. The summed E-state index contributed by atoms with van der Waals surface area (Å²) < 4.78 is 5.29. The van der Waals surface area contributed by atoms with Crippen LogP contribution in [0.1, 0.15) is 42.7 Å². The lowest BCUT2D eigenvalue weighted by Crippen LogP contribution is -2.30. The number of hydrogen-bond donors (Lipinski definition) is 0. The first-order valence-corrected chi connectivity index (χ1v) is 7.80. The molecule has 0 bridgehead atoms. The van der Waals surface area contributed by atoms with Gasteiger partial charge >= 0.3 is 5.97 Å². The first-order chi connectivity index (χ1) is 10.5. The number of ether oxygens (including phenoxy) is 1. The van der Waals surface area contributed by atoms with E-state index in [1.165, 1.54) is 6.20 Å². The average molecular weight is 368 g/mol. The van der Waals surface area contributed by atoms with E-state index in [4.69, 9.17) is 10.00 Å². The monoisotopic (exact) mass is 367 g/mol.